The monoisotopic (exact) mass is 418 g/mol. The van der Waals surface area contributed by atoms with Crippen LogP contribution in [0.5, 0.6) is 5.88 Å². The second-order valence-electron chi connectivity index (χ2n) is 9.14. The Morgan fingerprint density at radius 1 is 1.00 bits per heavy atom. The zero-order valence-electron chi connectivity index (χ0n) is 17.6. The maximum absolute atomic E-state index is 10.5. The zero-order chi connectivity index (χ0) is 20.6. The third-order valence-electron chi connectivity index (χ3n) is 5.87. The van der Waals surface area contributed by atoms with Gasteiger partial charge in [0.05, 0.1) is 11.7 Å². The molecular weight excluding hydrogens is 388 g/mol. The average Bonchev–Trinajstić information content (AvgIpc) is 3.14. The number of pyridine rings is 1. The third kappa shape index (κ3) is 4.17. The Bertz CT molecular complexity index is 801. The molecule has 158 valence electrons. The van der Waals surface area contributed by atoms with Crippen LogP contribution in [-0.2, 0) is 0 Å². The highest BCUT2D eigenvalue weighted by molar-refractivity contribution is 6.99. The predicted molar refractivity (Wildman–Crippen MR) is 114 cm³/mol. The van der Waals surface area contributed by atoms with E-state index in [1.165, 1.54) is 16.8 Å². The molecule has 0 bridgehead atoms. The first-order valence-corrected chi connectivity index (χ1v) is 10.9. The van der Waals surface area contributed by atoms with Gasteiger partial charge in [0, 0.05) is 56.3 Å². The molecule has 0 unspecified atom stereocenters. The van der Waals surface area contributed by atoms with Crippen molar-refractivity contribution in [3.05, 3.63) is 24.4 Å². The summed E-state index contributed by atoms with van der Waals surface area (Å²) in [5.41, 5.74) is -0.714. The number of anilines is 2. The van der Waals surface area contributed by atoms with Crippen LogP contribution >= 0.6 is 11.7 Å². The second kappa shape index (κ2) is 7.70. The topological polar surface area (TPSA) is 77.9 Å². The highest BCUT2D eigenvalue weighted by Crippen LogP contribution is 2.39. The molecule has 2 fully saturated rings. The Hall–Kier alpha value is -1.97. The van der Waals surface area contributed by atoms with Crippen molar-refractivity contribution in [2.75, 3.05) is 36.0 Å². The van der Waals surface area contributed by atoms with Crippen LogP contribution in [0, 0.1) is 0 Å². The van der Waals surface area contributed by atoms with Crippen LogP contribution in [0.4, 0.5) is 11.6 Å². The Morgan fingerprint density at radius 2 is 1.66 bits per heavy atom. The number of hydrogen-bond acceptors (Lipinski definition) is 9. The summed E-state index contributed by atoms with van der Waals surface area (Å²) in [6.45, 7) is 11.6. The summed E-state index contributed by atoms with van der Waals surface area (Å²) < 4.78 is 15.3. The lowest BCUT2D eigenvalue weighted by Crippen LogP contribution is -2.61. The molecule has 0 amide bonds. The maximum atomic E-state index is 10.5. The minimum atomic E-state index is -0.357. The number of piperidine rings is 1. The minimum Gasteiger partial charge on any atom is -0.471 e. The molecule has 2 saturated heterocycles. The summed E-state index contributed by atoms with van der Waals surface area (Å²) in [7, 11) is 0. The molecule has 4 heterocycles. The molecule has 0 aromatic carbocycles. The van der Waals surface area contributed by atoms with Crippen LogP contribution in [0.15, 0.2) is 24.4 Å². The maximum Gasteiger partial charge on any atom is 0.271 e. The van der Waals surface area contributed by atoms with E-state index in [1.807, 2.05) is 52.1 Å². The van der Waals surface area contributed by atoms with Crippen molar-refractivity contribution in [1.82, 2.24) is 18.8 Å². The van der Waals surface area contributed by atoms with Gasteiger partial charge in [-0.2, -0.15) is 9.44 Å². The Kier molecular flexibility index (Phi) is 5.39. The Balaban J connectivity index is 1.42. The predicted octanol–water partition coefficient (Wildman–Crippen LogP) is 3.05. The van der Waals surface area contributed by atoms with Gasteiger partial charge in [0.1, 0.15) is 11.9 Å². The summed E-state index contributed by atoms with van der Waals surface area (Å²) >= 11 is 1.19. The van der Waals surface area contributed by atoms with Crippen molar-refractivity contribution < 1.29 is 9.94 Å². The van der Waals surface area contributed by atoms with E-state index >= 15 is 0 Å². The molecule has 2 aliphatic heterocycles. The van der Waals surface area contributed by atoms with Gasteiger partial charge in [-0.25, -0.2) is 4.98 Å². The van der Waals surface area contributed by atoms with Crippen LogP contribution in [0.3, 0.4) is 0 Å². The molecular formula is C20H30N6O2S. The molecule has 1 N–H and O–H groups in total. The van der Waals surface area contributed by atoms with Crippen LogP contribution in [0.25, 0.3) is 0 Å². The molecule has 0 radical (unpaired) electrons. The second-order valence-corrected chi connectivity index (χ2v) is 9.67. The fraction of sp³-hybridized carbons (Fsp3) is 0.650. The molecule has 0 spiro atoms. The largest absolute Gasteiger partial charge is 0.471 e. The van der Waals surface area contributed by atoms with Gasteiger partial charge in [-0.05, 0) is 39.8 Å². The van der Waals surface area contributed by atoms with Gasteiger partial charge in [0.15, 0.2) is 0 Å². The SMILES string of the molecule is CC1(C)CC(Oc2nsnc2N2CCN(c3ccccn3)CC2)CC(C)(C)N1O. The van der Waals surface area contributed by atoms with Gasteiger partial charge in [-0.3, -0.25) is 0 Å². The highest BCUT2D eigenvalue weighted by atomic mass is 32.1. The quantitative estimate of drug-likeness (QED) is 0.812. The fourth-order valence-electron chi connectivity index (χ4n) is 4.55. The first kappa shape index (κ1) is 20.3. The molecule has 8 nitrogen and oxygen atoms in total. The number of hydroxylamine groups is 2. The molecule has 2 aromatic heterocycles. The van der Waals surface area contributed by atoms with Crippen LogP contribution in [-0.4, -0.2) is 67.4 Å². The van der Waals surface area contributed by atoms with E-state index in [2.05, 4.69) is 23.5 Å². The van der Waals surface area contributed by atoms with Crippen molar-refractivity contribution in [2.24, 2.45) is 0 Å². The van der Waals surface area contributed by atoms with Crippen molar-refractivity contribution in [2.45, 2.75) is 57.7 Å². The van der Waals surface area contributed by atoms with Gasteiger partial charge in [-0.15, -0.1) is 4.37 Å². The van der Waals surface area contributed by atoms with Gasteiger partial charge in [0.2, 0.25) is 5.82 Å². The first-order chi connectivity index (χ1) is 13.8. The normalized spacial score (nSPS) is 22.7. The van der Waals surface area contributed by atoms with E-state index in [4.69, 9.17) is 4.74 Å². The molecule has 29 heavy (non-hydrogen) atoms. The number of aromatic nitrogens is 3. The van der Waals surface area contributed by atoms with Gasteiger partial charge in [0.25, 0.3) is 5.88 Å². The van der Waals surface area contributed by atoms with Crippen molar-refractivity contribution >= 4 is 23.4 Å². The lowest BCUT2D eigenvalue weighted by molar-refractivity contribution is -0.255. The van der Waals surface area contributed by atoms with Gasteiger partial charge >= 0.3 is 0 Å². The molecule has 2 aromatic rings. The lowest BCUT2D eigenvalue weighted by Gasteiger charge is -2.51. The minimum absolute atomic E-state index is 0.0131. The summed E-state index contributed by atoms with van der Waals surface area (Å²) in [5.74, 6) is 2.46. The third-order valence-corrected chi connectivity index (χ3v) is 6.38. The summed E-state index contributed by atoms with van der Waals surface area (Å²) in [6.07, 6.45) is 3.29. The summed E-state index contributed by atoms with van der Waals surface area (Å²) in [5, 5.41) is 12.0. The standard InChI is InChI=1S/C20H30N6O2S/c1-19(2)13-15(14-20(3,4)26(19)27)28-18-17(22-29-23-18)25-11-9-24(10-12-25)16-7-5-6-8-21-16/h5-8,15,27H,9-14H2,1-4H3. The summed E-state index contributed by atoms with van der Waals surface area (Å²) in [6, 6.07) is 6.01. The van der Waals surface area contributed by atoms with E-state index in [1.54, 1.807) is 0 Å². The van der Waals surface area contributed by atoms with Crippen LogP contribution in [0.1, 0.15) is 40.5 Å². The number of piperazine rings is 1. The molecule has 2 aliphatic rings. The number of nitrogens with zero attached hydrogens (tertiary/aromatic N) is 6. The molecule has 9 heteroatoms. The fourth-order valence-corrected chi connectivity index (χ4v) is 5.06. The lowest BCUT2D eigenvalue weighted by atomic mass is 9.80. The van der Waals surface area contributed by atoms with Gasteiger partial charge in [-0.1, -0.05) is 6.07 Å². The van der Waals surface area contributed by atoms with E-state index in [0.717, 1.165) is 50.7 Å². The van der Waals surface area contributed by atoms with Crippen LogP contribution in [0.2, 0.25) is 0 Å². The molecule has 0 atom stereocenters. The van der Waals surface area contributed by atoms with E-state index in [-0.39, 0.29) is 17.2 Å². The van der Waals surface area contributed by atoms with Crippen molar-refractivity contribution in [3.63, 3.8) is 0 Å². The van der Waals surface area contributed by atoms with E-state index in [0.29, 0.717) is 5.88 Å². The number of rotatable bonds is 4. The summed E-state index contributed by atoms with van der Waals surface area (Å²) in [4.78, 5) is 8.99. The number of ether oxygens (including phenoxy) is 1. The first-order valence-electron chi connectivity index (χ1n) is 10.2. The van der Waals surface area contributed by atoms with Crippen LogP contribution < -0.4 is 14.5 Å². The molecule has 0 saturated carbocycles. The highest BCUT2D eigenvalue weighted by Gasteiger charge is 2.46. The molecule has 0 aliphatic carbocycles. The van der Waals surface area contributed by atoms with Gasteiger partial charge < -0.3 is 19.7 Å². The van der Waals surface area contributed by atoms with E-state index < -0.39 is 0 Å². The van der Waals surface area contributed by atoms with Crippen molar-refractivity contribution in [1.29, 1.82) is 0 Å². The molecule has 4 rings (SSSR count). The smallest absolute Gasteiger partial charge is 0.271 e. The Morgan fingerprint density at radius 3 is 2.28 bits per heavy atom. The average molecular weight is 419 g/mol. The zero-order valence-corrected chi connectivity index (χ0v) is 18.4. The number of hydrogen-bond donors (Lipinski definition) is 1. The Labute approximate surface area is 176 Å². The van der Waals surface area contributed by atoms with Crippen molar-refractivity contribution in [3.8, 4) is 5.88 Å². The van der Waals surface area contributed by atoms with E-state index in [9.17, 15) is 5.21 Å².